The molecule has 0 fully saturated rings. The van der Waals surface area contributed by atoms with Gasteiger partial charge in [0, 0.05) is 19.6 Å². The molecule has 1 heterocycles. The van der Waals surface area contributed by atoms with Crippen molar-refractivity contribution in [2.24, 2.45) is 11.8 Å². The second-order valence-corrected chi connectivity index (χ2v) is 4.52. The van der Waals surface area contributed by atoms with Crippen molar-refractivity contribution < 1.29 is 0 Å². The first kappa shape index (κ1) is 9.79. The fourth-order valence-electron chi connectivity index (χ4n) is 1.71. The van der Waals surface area contributed by atoms with Crippen molar-refractivity contribution in [1.29, 1.82) is 0 Å². The van der Waals surface area contributed by atoms with Crippen molar-refractivity contribution in [3.05, 3.63) is 11.6 Å². The zero-order valence-corrected chi connectivity index (χ0v) is 8.80. The average Bonchev–Trinajstić information content (AvgIpc) is 2.34. The van der Waals surface area contributed by atoms with E-state index in [-0.39, 0.29) is 0 Å². The molecular weight excluding hydrogens is 146 g/mol. The number of nitrogens with zero attached hydrogens (tertiary/aromatic N) is 1. The zero-order chi connectivity index (χ0) is 9.14. The molecule has 0 aromatic rings. The van der Waals surface area contributed by atoms with E-state index in [4.69, 9.17) is 0 Å². The summed E-state index contributed by atoms with van der Waals surface area (Å²) in [6.45, 7) is 12.8. The maximum Gasteiger partial charge on any atom is 0.0199 e. The van der Waals surface area contributed by atoms with Crippen LogP contribution < -0.4 is 0 Å². The summed E-state index contributed by atoms with van der Waals surface area (Å²) >= 11 is 0. The summed E-state index contributed by atoms with van der Waals surface area (Å²) in [5, 5.41) is 0. The highest BCUT2D eigenvalue weighted by Crippen LogP contribution is 2.17. The Morgan fingerprint density at radius 1 is 1.33 bits per heavy atom. The summed E-state index contributed by atoms with van der Waals surface area (Å²) in [6.07, 6.45) is 2.40. The summed E-state index contributed by atoms with van der Waals surface area (Å²) in [6, 6.07) is 0. The summed E-state index contributed by atoms with van der Waals surface area (Å²) in [5.41, 5.74) is 1.62. The van der Waals surface area contributed by atoms with Gasteiger partial charge in [-0.15, -0.1) is 0 Å². The van der Waals surface area contributed by atoms with E-state index in [1.165, 1.54) is 19.6 Å². The topological polar surface area (TPSA) is 3.24 Å². The molecule has 70 valence electrons. The minimum atomic E-state index is 0.738. The highest BCUT2D eigenvalue weighted by atomic mass is 15.1. The Morgan fingerprint density at radius 2 is 2.00 bits per heavy atom. The molecule has 1 heteroatoms. The molecular formula is C11H21N. The van der Waals surface area contributed by atoms with Crippen LogP contribution >= 0.6 is 0 Å². The zero-order valence-electron chi connectivity index (χ0n) is 8.80. The highest BCUT2D eigenvalue weighted by Gasteiger charge is 2.16. The molecule has 1 rings (SSSR count). The molecule has 0 radical (unpaired) electrons. The predicted octanol–water partition coefficient (Wildman–Crippen LogP) is 2.54. The van der Waals surface area contributed by atoms with Crippen LogP contribution in [0.25, 0.3) is 0 Å². The van der Waals surface area contributed by atoms with Gasteiger partial charge in [0.25, 0.3) is 0 Å². The van der Waals surface area contributed by atoms with Crippen LogP contribution in [0.5, 0.6) is 0 Å². The summed E-state index contributed by atoms with van der Waals surface area (Å²) in [7, 11) is 0. The monoisotopic (exact) mass is 167 g/mol. The predicted molar refractivity (Wildman–Crippen MR) is 54.2 cm³/mol. The van der Waals surface area contributed by atoms with Crippen molar-refractivity contribution in [2.75, 3.05) is 19.6 Å². The van der Waals surface area contributed by atoms with Gasteiger partial charge in [-0.3, -0.25) is 4.90 Å². The van der Waals surface area contributed by atoms with Gasteiger partial charge in [-0.05, 0) is 11.8 Å². The van der Waals surface area contributed by atoms with Crippen molar-refractivity contribution >= 4 is 0 Å². The van der Waals surface area contributed by atoms with Crippen LogP contribution in [0, 0.1) is 11.8 Å². The number of hydrogen-bond donors (Lipinski definition) is 0. The average molecular weight is 167 g/mol. The van der Waals surface area contributed by atoms with Gasteiger partial charge in [0.15, 0.2) is 0 Å². The Balaban J connectivity index is 2.32. The van der Waals surface area contributed by atoms with E-state index in [1.807, 2.05) is 0 Å². The molecule has 1 aliphatic rings. The second kappa shape index (κ2) is 4.08. The van der Waals surface area contributed by atoms with Gasteiger partial charge in [-0.2, -0.15) is 0 Å². The van der Waals surface area contributed by atoms with E-state index in [0.717, 1.165) is 11.8 Å². The lowest BCUT2D eigenvalue weighted by Gasteiger charge is -2.18. The smallest absolute Gasteiger partial charge is 0.0199 e. The molecule has 1 aliphatic heterocycles. The SMILES string of the molecule is CC(C)CN1CC=C(C(C)C)C1. The van der Waals surface area contributed by atoms with Crippen molar-refractivity contribution in [1.82, 2.24) is 4.90 Å². The van der Waals surface area contributed by atoms with Crippen LogP contribution in [0.3, 0.4) is 0 Å². The maximum absolute atomic E-state index is 2.53. The third kappa shape index (κ3) is 2.63. The third-order valence-electron chi connectivity index (χ3n) is 2.38. The third-order valence-corrected chi connectivity index (χ3v) is 2.38. The molecule has 0 aromatic heterocycles. The fraction of sp³-hybridized carbons (Fsp3) is 0.818. The van der Waals surface area contributed by atoms with Gasteiger partial charge >= 0.3 is 0 Å². The number of hydrogen-bond acceptors (Lipinski definition) is 1. The van der Waals surface area contributed by atoms with E-state index in [0.29, 0.717) is 0 Å². The van der Waals surface area contributed by atoms with Gasteiger partial charge in [0.1, 0.15) is 0 Å². The molecule has 0 spiro atoms. The highest BCUT2D eigenvalue weighted by molar-refractivity contribution is 5.13. The molecule has 0 aromatic carbocycles. The molecule has 0 amide bonds. The first-order valence-corrected chi connectivity index (χ1v) is 5.01. The lowest BCUT2D eigenvalue weighted by atomic mass is 10.1. The van der Waals surface area contributed by atoms with Gasteiger partial charge in [0.05, 0.1) is 0 Å². The minimum absolute atomic E-state index is 0.738. The first-order valence-electron chi connectivity index (χ1n) is 5.01. The molecule has 0 saturated heterocycles. The lowest BCUT2D eigenvalue weighted by molar-refractivity contribution is 0.302. The Morgan fingerprint density at radius 3 is 2.42 bits per heavy atom. The van der Waals surface area contributed by atoms with Gasteiger partial charge in [0.2, 0.25) is 0 Å². The van der Waals surface area contributed by atoms with Crippen molar-refractivity contribution in [3.8, 4) is 0 Å². The normalized spacial score (nSPS) is 19.3. The molecule has 12 heavy (non-hydrogen) atoms. The Labute approximate surface area is 76.5 Å². The number of rotatable bonds is 3. The summed E-state index contributed by atoms with van der Waals surface area (Å²) in [4.78, 5) is 2.53. The van der Waals surface area contributed by atoms with Crippen LogP contribution in [-0.2, 0) is 0 Å². The molecule has 0 bridgehead atoms. The molecule has 0 saturated carbocycles. The van der Waals surface area contributed by atoms with Gasteiger partial charge in [-0.1, -0.05) is 39.3 Å². The van der Waals surface area contributed by atoms with E-state index in [2.05, 4.69) is 38.7 Å². The second-order valence-electron chi connectivity index (χ2n) is 4.52. The van der Waals surface area contributed by atoms with Crippen LogP contribution in [0.15, 0.2) is 11.6 Å². The Hall–Kier alpha value is -0.300. The molecule has 0 N–H and O–H groups in total. The van der Waals surface area contributed by atoms with E-state index in [1.54, 1.807) is 5.57 Å². The maximum atomic E-state index is 2.53. The van der Waals surface area contributed by atoms with Crippen LogP contribution in [0.2, 0.25) is 0 Å². The minimum Gasteiger partial charge on any atom is -0.295 e. The standard InChI is InChI=1S/C11H21N/c1-9(2)7-12-6-5-11(8-12)10(3)4/h5,9-10H,6-8H2,1-4H3. The van der Waals surface area contributed by atoms with E-state index >= 15 is 0 Å². The van der Waals surface area contributed by atoms with Gasteiger partial charge in [-0.25, -0.2) is 0 Å². The molecule has 0 unspecified atom stereocenters. The van der Waals surface area contributed by atoms with Crippen LogP contribution in [0.4, 0.5) is 0 Å². The van der Waals surface area contributed by atoms with Gasteiger partial charge < -0.3 is 0 Å². The summed E-state index contributed by atoms with van der Waals surface area (Å²) in [5.74, 6) is 1.53. The molecule has 0 aliphatic carbocycles. The quantitative estimate of drug-likeness (QED) is 0.584. The molecule has 0 atom stereocenters. The Bertz CT molecular complexity index is 168. The summed E-state index contributed by atoms with van der Waals surface area (Å²) < 4.78 is 0. The van der Waals surface area contributed by atoms with Crippen LogP contribution in [-0.4, -0.2) is 24.5 Å². The fourth-order valence-corrected chi connectivity index (χ4v) is 1.71. The molecule has 1 nitrogen and oxygen atoms in total. The van der Waals surface area contributed by atoms with E-state index < -0.39 is 0 Å². The van der Waals surface area contributed by atoms with Crippen molar-refractivity contribution in [2.45, 2.75) is 27.7 Å². The lowest BCUT2D eigenvalue weighted by Crippen LogP contribution is -2.25. The van der Waals surface area contributed by atoms with Crippen LogP contribution in [0.1, 0.15) is 27.7 Å². The van der Waals surface area contributed by atoms with E-state index in [9.17, 15) is 0 Å². The first-order chi connectivity index (χ1) is 5.59. The Kier molecular flexibility index (Phi) is 3.33. The largest absolute Gasteiger partial charge is 0.295 e. The van der Waals surface area contributed by atoms with Crippen molar-refractivity contribution in [3.63, 3.8) is 0 Å².